The summed E-state index contributed by atoms with van der Waals surface area (Å²) in [5.41, 5.74) is -0.281. The lowest BCUT2D eigenvalue weighted by atomic mass is 10.1. The monoisotopic (exact) mass is 143 g/mol. The summed E-state index contributed by atoms with van der Waals surface area (Å²) in [7, 11) is 1.94. The van der Waals surface area contributed by atoms with Crippen LogP contribution >= 0.6 is 0 Å². The molecule has 0 aromatic heterocycles. The van der Waals surface area contributed by atoms with Crippen molar-refractivity contribution in [3.8, 4) is 0 Å². The van der Waals surface area contributed by atoms with E-state index in [9.17, 15) is 5.11 Å². The van der Waals surface area contributed by atoms with Gasteiger partial charge in [0.15, 0.2) is 0 Å². The molecule has 0 bridgehead atoms. The lowest BCUT2D eigenvalue weighted by Gasteiger charge is -2.07. The Labute approximate surface area is 62.6 Å². The second kappa shape index (κ2) is 2.89. The van der Waals surface area contributed by atoms with Crippen LogP contribution < -0.4 is 5.32 Å². The van der Waals surface area contributed by atoms with E-state index in [1.54, 1.807) is 0 Å². The van der Waals surface area contributed by atoms with E-state index < -0.39 is 0 Å². The van der Waals surface area contributed by atoms with Crippen molar-refractivity contribution in [2.45, 2.75) is 31.8 Å². The number of nitrogens with one attached hydrogen (secondary N) is 1. The molecule has 1 rings (SSSR count). The van der Waals surface area contributed by atoms with Crippen LogP contribution in [0.15, 0.2) is 0 Å². The normalized spacial score (nSPS) is 38.1. The van der Waals surface area contributed by atoms with Crippen LogP contribution in [0.3, 0.4) is 0 Å². The lowest BCUT2D eigenvalue weighted by Crippen LogP contribution is -2.14. The van der Waals surface area contributed by atoms with Gasteiger partial charge in [-0.1, -0.05) is 6.92 Å². The first-order chi connectivity index (χ1) is 4.69. The van der Waals surface area contributed by atoms with Gasteiger partial charge in [-0.2, -0.15) is 0 Å². The zero-order chi connectivity index (χ0) is 7.61. The van der Waals surface area contributed by atoms with E-state index in [0.29, 0.717) is 5.92 Å². The van der Waals surface area contributed by atoms with Crippen molar-refractivity contribution in [3.63, 3.8) is 0 Å². The van der Waals surface area contributed by atoms with E-state index in [1.165, 1.54) is 0 Å². The third-order valence-corrected chi connectivity index (χ3v) is 2.45. The molecule has 0 aromatic rings. The van der Waals surface area contributed by atoms with Crippen LogP contribution in [0.5, 0.6) is 0 Å². The maximum Gasteiger partial charge on any atom is 0.0678 e. The van der Waals surface area contributed by atoms with Gasteiger partial charge in [-0.3, -0.25) is 0 Å². The summed E-state index contributed by atoms with van der Waals surface area (Å²) < 4.78 is 0. The van der Waals surface area contributed by atoms with Crippen LogP contribution in [0.25, 0.3) is 0 Å². The zero-order valence-electron chi connectivity index (χ0n) is 6.85. The number of hydrogen-bond acceptors (Lipinski definition) is 2. The van der Waals surface area contributed by atoms with E-state index in [-0.39, 0.29) is 5.60 Å². The Morgan fingerprint density at radius 2 is 2.30 bits per heavy atom. The first kappa shape index (κ1) is 8.02. The van der Waals surface area contributed by atoms with Gasteiger partial charge < -0.3 is 10.4 Å². The van der Waals surface area contributed by atoms with Crippen molar-refractivity contribution in [2.24, 2.45) is 5.92 Å². The quantitative estimate of drug-likeness (QED) is 0.569. The van der Waals surface area contributed by atoms with Gasteiger partial charge in [0.1, 0.15) is 0 Å². The Bertz CT molecular complexity index is 116. The number of hydrogen-bond donors (Lipinski definition) is 2. The third-order valence-electron chi connectivity index (χ3n) is 2.45. The molecule has 0 radical (unpaired) electrons. The highest BCUT2D eigenvalue weighted by Gasteiger charge is 2.48. The fourth-order valence-corrected chi connectivity index (χ4v) is 1.39. The van der Waals surface area contributed by atoms with Crippen molar-refractivity contribution in [1.29, 1.82) is 0 Å². The lowest BCUT2D eigenvalue weighted by molar-refractivity contribution is 0.122. The fraction of sp³-hybridized carbons (Fsp3) is 1.00. The molecule has 0 spiro atoms. The van der Waals surface area contributed by atoms with Crippen molar-refractivity contribution >= 4 is 0 Å². The van der Waals surface area contributed by atoms with Crippen LogP contribution in [0.4, 0.5) is 0 Å². The molecule has 0 aromatic carbocycles. The van der Waals surface area contributed by atoms with Crippen LogP contribution in [-0.2, 0) is 0 Å². The van der Waals surface area contributed by atoms with Gasteiger partial charge in [-0.15, -0.1) is 0 Å². The third kappa shape index (κ3) is 1.70. The van der Waals surface area contributed by atoms with Crippen molar-refractivity contribution in [2.75, 3.05) is 13.6 Å². The first-order valence-electron chi connectivity index (χ1n) is 4.06. The molecule has 1 aliphatic carbocycles. The van der Waals surface area contributed by atoms with E-state index in [0.717, 1.165) is 25.8 Å². The minimum absolute atomic E-state index is 0.281. The molecular weight excluding hydrogens is 126 g/mol. The zero-order valence-corrected chi connectivity index (χ0v) is 6.85. The van der Waals surface area contributed by atoms with Gasteiger partial charge in [-0.25, -0.2) is 0 Å². The van der Waals surface area contributed by atoms with E-state index in [2.05, 4.69) is 12.2 Å². The van der Waals surface area contributed by atoms with Gasteiger partial charge in [0.05, 0.1) is 5.60 Å². The van der Waals surface area contributed by atoms with Gasteiger partial charge in [0.2, 0.25) is 0 Å². The maximum atomic E-state index is 9.60. The van der Waals surface area contributed by atoms with E-state index in [4.69, 9.17) is 0 Å². The summed E-state index contributed by atoms with van der Waals surface area (Å²) in [6.45, 7) is 3.13. The summed E-state index contributed by atoms with van der Waals surface area (Å²) in [4.78, 5) is 0. The minimum atomic E-state index is -0.281. The predicted octanol–water partition coefficient (Wildman–Crippen LogP) is 0.757. The molecule has 2 N–H and O–H groups in total. The fourth-order valence-electron chi connectivity index (χ4n) is 1.39. The Morgan fingerprint density at radius 3 is 2.70 bits per heavy atom. The molecular formula is C8H17NO. The molecule has 0 aliphatic heterocycles. The Hall–Kier alpha value is -0.0800. The van der Waals surface area contributed by atoms with E-state index >= 15 is 0 Å². The van der Waals surface area contributed by atoms with Gasteiger partial charge in [0.25, 0.3) is 0 Å². The molecule has 1 saturated carbocycles. The topological polar surface area (TPSA) is 32.3 Å². The molecule has 2 atom stereocenters. The van der Waals surface area contributed by atoms with Crippen molar-refractivity contribution in [1.82, 2.24) is 5.32 Å². The van der Waals surface area contributed by atoms with Crippen LogP contribution in [0.2, 0.25) is 0 Å². The highest BCUT2D eigenvalue weighted by Crippen LogP contribution is 2.46. The van der Waals surface area contributed by atoms with Gasteiger partial charge >= 0.3 is 0 Å². The Kier molecular flexibility index (Phi) is 2.32. The molecule has 0 heterocycles. The minimum Gasteiger partial charge on any atom is -0.390 e. The average Bonchev–Trinajstić information content (AvgIpc) is 2.42. The SMILES string of the molecule is CNCCCC1(O)C[C@@H]1C. The second-order valence-corrected chi connectivity index (χ2v) is 3.42. The van der Waals surface area contributed by atoms with Crippen molar-refractivity contribution in [3.05, 3.63) is 0 Å². The molecule has 1 unspecified atom stereocenters. The summed E-state index contributed by atoms with van der Waals surface area (Å²) >= 11 is 0. The predicted molar refractivity (Wildman–Crippen MR) is 41.9 cm³/mol. The molecule has 1 aliphatic rings. The molecule has 2 nitrogen and oxygen atoms in total. The van der Waals surface area contributed by atoms with Crippen molar-refractivity contribution < 1.29 is 5.11 Å². The van der Waals surface area contributed by atoms with Gasteiger partial charge in [0, 0.05) is 0 Å². The summed E-state index contributed by atoms with van der Waals surface area (Å²) in [6, 6.07) is 0. The molecule has 60 valence electrons. The van der Waals surface area contributed by atoms with Crippen LogP contribution in [-0.4, -0.2) is 24.3 Å². The smallest absolute Gasteiger partial charge is 0.0678 e. The van der Waals surface area contributed by atoms with Crippen LogP contribution in [0, 0.1) is 5.92 Å². The van der Waals surface area contributed by atoms with E-state index in [1.807, 2.05) is 7.05 Å². The molecule has 10 heavy (non-hydrogen) atoms. The molecule has 1 fully saturated rings. The summed E-state index contributed by atoms with van der Waals surface area (Å²) in [5.74, 6) is 0.546. The molecule has 0 amide bonds. The standard InChI is InChI=1S/C8H17NO/c1-7-6-8(7,10)4-3-5-9-2/h7,9-10H,3-6H2,1-2H3/t7-,8?/m0/s1. The second-order valence-electron chi connectivity index (χ2n) is 3.42. The number of rotatable bonds is 4. The largest absolute Gasteiger partial charge is 0.390 e. The maximum absolute atomic E-state index is 9.60. The highest BCUT2D eigenvalue weighted by molar-refractivity contribution is 5.00. The summed E-state index contributed by atoms with van der Waals surface area (Å²) in [6.07, 6.45) is 3.07. The molecule has 2 heteroatoms. The molecule has 0 saturated heterocycles. The Balaban J connectivity index is 2.03. The van der Waals surface area contributed by atoms with Crippen LogP contribution in [0.1, 0.15) is 26.2 Å². The highest BCUT2D eigenvalue weighted by atomic mass is 16.3. The Morgan fingerprint density at radius 1 is 1.70 bits per heavy atom. The van der Waals surface area contributed by atoms with Gasteiger partial charge in [-0.05, 0) is 38.8 Å². The first-order valence-corrected chi connectivity index (χ1v) is 4.06. The summed E-state index contributed by atoms with van der Waals surface area (Å²) in [5, 5.41) is 12.7. The number of aliphatic hydroxyl groups is 1. The average molecular weight is 143 g/mol.